The van der Waals surface area contributed by atoms with Gasteiger partial charge in [0.1, 0.15) is 0 Å². The third-order valence-corrected chi connectivity index (χ3v) is 2.00. The maximum Gasteiger partial charge on any atom is 0.575 e. The molecule has 0 amide bonds. The second-order valence-corrected chi connectivity index (χ2v) is 3.11. The molecule has 0 aliphatic rings. The van der Waals surface area contributed by atoms with Crippen LogP contribution in [0, 0.1) is 0 Å². The average molecular weight is 229 g/mol. The molecule has 0 spiro atoms. The maximum absolute atomic E-state index is 11.8. The highest BCUT2D eigenvalue weighted by molar-refractivity contribution is 5.94. The molecule has 0 radical (unpaired) electrons. The zero-order valence-electron chi connectivity index (χ0n) is 7.84. The van der Waals surface area contributed by atoms with E-state index in [4.69, 9.17) is 0 Å². The van der Waals surface area contributed by atoms with Crippen LogP contribution in [0.15, 0.2) is 30.5 Å². The van der Waals surface area contributed by atoms with Gasteiger partial charge in [-0.2, -0.15) is 0 Å². The van der Waals surface area contributed by atoms with Crippen molar-refractivity contribution in [1.82, 2.24) is 4.98 Å². The third-order valence-electron chi connectivity index (χ3n) is 2.00. The Kier molecular flexibility index (Phi) is 2.34. The first kappa shape index (κ1) is 10.5. The van der Waals surface area contributed by atoms with Gasteiger partial charge in [0.05, 0.1) is 5.56 Å². The highest BCUT2D eigenvalue weighted by Gasteiger charge is 2.34. The van der Waals surface area contributed by atoms with Gasteiger partial charge in [-0.1, -0.05) is 6.07 Å². The van der Waals surface area contributed by atoms with Gasteiger partial charge < -0.3 is 9.72 Å². The number of hydrogen-bond donors (Lipinski definition) is 1. The van der Waals surface area contributed by atoms with Gasteiger partial charge >= 0.3 is 12.3 Å². The SMILES string of the molecule is O=C(OC(F)(F)F)c1ccc2cc[nH]c2c1. The predicted octanol–water partition coefficient (Wildman–Crippen LogP) is 2.84. The molecule has 0 fully saturated rings. The molecule has 6 heteroatoms. The van der Waals surface area contributed by atoms with E-state index >= 15 is 0 Å². The van der Waals surface area contributed by atoms with E-state index < -0.39 is 12.3 Å². The molecule has 3 nitrogen and oxygen atoms in total. The molecule has 1 aromatic heterocycles. The molecule has 0 aliphatic heterocycles. The summed E-state index contributed by atoms with van der Waals surface area (Å²) in [6.07, 6.45) is -3.33. The lowest BCUT2D eigenvalue weighted by Gasteiger charge is -2.06. The van der Waals surface area contributed by atoms with E-state index in [-0.39, 0.29) is 5.56 Å². The predicted molar refractivity (Wildman–Crippen MR) is 49.8 cm³/mol. The minimum Gasteiger partial charge on any atom is -0.369 e. The van der Waals surface area contributed by atoms with Crippen LogP contribution in [0.2, 0.25) is 0 Å². The molecule has 0 aliphatic carbocycles. The molecule has 0 saturated heterocycles. The Hall–Kier alpha value is -1.98. The average Bonchev–Trinajstić information content (AvgIpc) is 2.61. The smallest absolute Gasteiger partial charge is 0.369 e. The Morgan fingerprint density at radius 2 is 2.00 bits per heavy atom. The molecule has 1 aromatic carbocycles. The number of rotatable bonds is 1. The van der Waals surface area contributed by atoms with Crippen LogP contribution in [0.4, 0.5) is 13.2 Å². The van der Waals surface area contributed by atoms with Crippen molar-refractivity contribution in [3.8, 4) is 0 Å². The van der Waals surface area contributed by atoms with Crippen LogP contribution in [0.25, 0.3) is 10.9 Å². The lowest BCUT2D eigenvalue weighted by molar-refractivity contribution is -0.291. The van der Waals surface area contributed by atoms with Crippen molar-refractivity contribution in [1.29, 1.82) is 0 Å². The van der Waals surface area contributed by atoms with Gasteiger partial charge in [0.25, 0.3) is 0 Å². The lowest BCUT2D eigenvalue weighted by Crippen LogP contribution is -2.19. The summed E-state index contributed by atoms with van der Waals surface area (Å²) in [6, 6.07) is 5.88. The summed E-state index contributed by atoms with van der Waals surface area (Å²) in [7, 11) is 0. The highest BCUT2D eigenvalue weighted by Crippen LogP contribution is 2.20. The summed E-state index contributed by atoms with van der Waals surface area (Å²) in [4.78, 5) is 13.9. The van der Waals surface area contributed by atoms with Crippen molar-refractivity contribution in [3.05, 3.63) is 36.0 Å². The summed E-state index contributed by atoms with van der Waals surface area (Å²) in [5.41, 5.74) is 0.434. The molecule has 2 rings (SSSR count). The summed E-state index contributed by atoms with van der Waals surface area (Å²) >= 11 is 0. The Balaban J connectivity index is 2.29. The molecule has 1 heterocycles. The third kappa shape index (κ3) is 2.16. The maximum atomic E-state index is 11.8. The Morgan fingerprint density at radius 3 is 2.69 bits per heavy atom. The minimum absolute atomic E-state index is 0.146. The highest BCUT2D eigenvalue weighted by atomic mass is 19.4. The zero-order valence-corrected chi connectivity index (χ0v) is 7.84. The summed E-state index contributed by atoms with van der Waals surface area (Å²) in [5.74, 6) is -1.41. The van der Waals surface area contributed by atoms with E-state index in [1.165, 1.54) is 12.1 Å². The zero-order chi connectivity index (χ0) is 11.8. The van der Waals surface area contributed by atoms with Crippen LogP contribution in [0.5, 0.6) is 0 Å². The van der Waals surface area contributed by atoms with Crippen molar-refractivity contribution in [3.63, 3.8) is 0 Å². The number of carbonyl (C=O) groups excluding carboxylic acids is 1. The number of fused-ring (bicyclic) bond motifs is 1. The Bertz CT molecular complexity index is 530. The summed E-state index contributed by atoms with van der Waals surface area (Å²) in [5, 5.41) is 0.809. The van der Waals surface area contributed by atoms with Gasteiger partial charge in [0.2, 0.25) is 0 Å². The van der Waals surface area contributed by atoms with Crippen molar-refractivity contribution in [2.24, 2.45) is 0 Å². The van der Waals surface area contributed by atoms with Crippen LogP contribution in [0.3, 0.4) is 0 Å². The van der Waals surface area contributed by atoms with Gasteiger partial charge in [-0.15, -0.1) is 13.2 Å². The van der Waals surface area contributed by atoms with Crippen LogP contribution in [-0.2, 0) is 4.74 Å². The number of carbonyl (C=O) groups is 1. The first-order valence-electron chi connectivity index (χ1n) is 4.33. The van der Waals surface area contributed by atoms with E-state index in [2.05, 4.69) is 9.72 Å². The van der Waals surface area contributed by atoms with E-state index in [0.717, 1.165) is 5.39 Å². The molecule has 16 heavy (non-hydrogen) atoms. The molecule has 0 atom stereocenters. The number of hydrogen-bond acceptors (Lipinski definition) is 2. The van der Waals surface area contributed by atoms with Crippen molar-refractivity contribution < 1.29 is 22.7 Å². The number of alkyl halides is 3. The van der Waals surface area contributed by atoms with Crippen LogP contribution in [-0.4, -0.2) is 17.3 Å². The number of H-pyrrole nitrogens is 1. The van der Waals surface area contributed by atoms with Gasteiger partial charge in [-0.3, -0.25) is 0 Å². The summed E-state index contributed by atoms with van der Waals surface area (Å²) in [6.45, 7) is 0. The fraction of sp³-hybridized carbons (Fsp3) is 0.100. The van der Waals surface area contributed by atoms with Crippen LogP contribution < -0.4 is 0 Å². The largest absolute Gasteiger partial charge is 0.575 e. The standard InChI is InChI=1S/C10H6F3NO2/c11-10(12,13)16-9(15)7-2-1-6-3-4-14-8(6)5-7/h1-5,14H. The van der Waals surface area contributed by atoms with Crippen molar-refractivity contribution in [2.45, 2.75) is 6.36 Å². The van der Waals surface area contributed by atoms with Crippen molar-refractivity contribution >= 4 is 16.9 Å². The first-order chi connectivity index (χ1) is 7.46. The van der Waals surface area contributed by atoms with Crippen LogP contribution in [0.1, 0.15) is 10.4 Å². The van der Waals surface area contributed by atoms with Gasteiger partial charge in [-0.25, -0.2) is 4.79 Å². The van der Waals surface area contributed by atoms with E-state index in [1.807, 2.05) is 0 Å². The molecule has 0 bridgehead atoms. The Labute approximate surface area is 87.8 Å². The number of aromatic amines is 1. The second kappa shape index (κ2) is 3.55. The normalized spacial score (nSPS) is 11.7. The summed E-state index contributed by atoms with van der Waals surface area (Å²) < 4.78 is 38.7. The van der Waals surface area contributed by atoms with Gasteiger partial charge in [-0.05, 0) is 23.6 Å². The molecular formula is C10H6F3NO2. The fourth-order valence-corrected chi connectivity index (χ4v) is 1.34. The molecule has 1 N–H and O–H groups in total. The van der Waals surface area contributed by atoms with E-state index in [0.29, 0.717) is 5.52 Å². The van der Waals surface area contributed by atoms with Gasteiger partial charge in [0.15, 0.2) is 0 Å². The quantitative estimate of drug-likeness (QED) is 0.764. The number of esters is 1. The number of halogens is 3. The van der Waals surface area contributed by atoms with Crippen LogP contribution >= 0.6 is 0 Å². The minimum atomic E-state index is -4.96. The molecule has 84 valence electrons. The van der Waals surface area contributed by atoms with E-state index in [1.54, 1.807) is 18.3 Å². The fourth-order valence-electron chi connectivity index (χ4n) is 1.34. The molecule has 2 aromatic rings. The first-order valence-corrected chi connectivity index (χ1v) is 4.33. The topological polar surface area (TPSA) is 42.1 Å². The number of nitrogens with one attached hydrogen (secondary N) is 1. The second-order valence-electron chi connectivity index (χ2n) is 3.11. The van der Waals surface area contributed by atoms with Gasteiger partial charge in [0, 0.05) is 11.7 Å². The van der Waals surface area contributed by atoms with E-state index in [9.17, 15) is 18.0 Å². The number of ether oxygens (including phenoxy) is 1. The van der Waals surface area contributed by atoms with Crippen molar-refractivity contribution in [2.75, 3.05) is 0 Å². The number of aromatic nitrogens is 1. The molecule has 0 unspecified atom stereocenters. The monoisotopic (exact) mass is 229 g/mol. The number of benzene rings is 1. The Morgan fingerprint density at radius 1 is 1.25 bits per heavy atom. The molecular weight excluding hydrogens is 223 g/mol. The lowest BCUT2D eigenvalue weighted by atomic mass is 10.2. The molecule has 0 saturated carbocycles.